The summed E-state index contributed by atoms with van der Waals surface area (Å²) in [5.74, 6) is -0.386. The lowest BCUT2D eigenvalue weighted by Gasteiger charge is -2.08. The third kappa shape index (κ3) is 3.59. The van der Waals surface area contributed by atoms with Crippen molar-refractivity contribution in [3.63, 3.8) is 0 Å². The second-order valence-electron chi connectivity index (χ2n) is 3.66. The molecule has 6 nitrogen and oxygen atoms in total. The van der Waals surface area contributed by atoms with E-state index in [9.17, 15) is 4.79 Å². The molecule has 0 amide bonds. The first-order chi connectivity index (χ1) is 9.06. The smallest absolute Gasteiger partial charge is 0.328 e. The lowest BCUT2D eigenvalue weighted by molar-refractivity contribution is -0.145. The number of carbonyl (C=O) groups excluding carboxylic acids is 1. The third-order valence-electron chi connectivity index (χ3n) is 2.28. The second-order valence-corrected chi connectivity index (χ2v) is 4.48. The van der Waals surface area contributed by atoms with E-state index < -0.39 is 5.97 Å². The van der Waals surface area contributed by atoms with E-state index >= 15 is 0 Å². The number of hydrogen-bond donors (Lipinski definition) is 1. The van der Waals surface area contributed by atoms with Crippen LogP contribution in [-0.4, -0.2) is 20.7 Å². The van der Waals surface area contributed by atoms with Crippen molar-refractivity contribution >= 4 is 35.1 Å². The molecule has 0 spiro atoms. The molecule has 19 heavy (non-hydrogen) atoms. The highest BCUT2D eigenvalue weighted by Crippen LogP contribution is 2.24. The number of hydrogen-bond acceptors (Lipinski definition) is 5. The number of aromatic nitrogens is 3. The number of carbonyl (C=O) groups is 1. The predicted molar refractivity (Wildman–Crippen MR) is 70.7 cm³/mol. The Balaban J connectivity index is 1.93. The lowest BCUT2D eigenvalue weighted by atomic mass is 10.2. The van der Waals surface area contributed by atoms with E-state index in [0.29, 0.717) is 15.6 Å². The number of benzene rings is 1. The molecule has 0 aliphatic rings. The van der Waals surface area contributed by atoms with Crippen LogP contribution in [0.4, 0.5) is 5.95 Å². The zero-order valence-electron chi connectivity index (χ0n) is 9.72. The van der Waals surface area contributed by atoms with E-state index in [2.05, 4.69) is 10.1 Å². The summed E-state index contributed by atoms with van der Waals surface area (Å²) >= 11 is 11.9. The molecule has 2 aromatic rings. The SMILES string of the molecule is Nc1ncn(CC(=O)OCc2c(Cl)cccc2Cl)n1. The van der Waals surface area contributed by atoms with Gasteiger partial charge in [-0.25, -0.2) is 9.67 Å². The standard InChI is InChI=1S/C11H10Cl2N4O2/c12-8-2-1-3-9(13)7(8)5-19-10(18)4-17-6-15-11(14)16-17/h1-3,6H,4-5H2,(H2,14,16). The Kier molecular flexibility index (Phi) is 4.24. The van der Waals surface area contributed by atoms with Gasteiger partial charge in [-0.05, 0) is 12.1 Å². The van der Waals surface area contributed by atoms with Crippen LogP contribution in [0.2, 0.25) is 10.0 Å². The van der Waals surface area contributed by atoms with Crippen LogP contribution < -0.4 is 5.73 Å². The van der Waals surface area contributed by atoms with E-state index in [0.717, 1.165) is 0 Å². The quantitative estimate of drug-likeness (QED) is 0.872. The van der Waals surface area contributed by atoms with E-state index in [1.54, 1.807) is 18.2 Å². The van der Waals surface area contributed by atoms with Gasteiger partial charge in [-0.15, -0.1) is 5.10 Å². The first-order valence-corrected chi connectivity index (χ1v) is 6.05. The molecular formula is C11H10Cl2N4O2. The largest absolute Gasteiger partial charge is 0.459 e. The maximum absolute atomic E-state index is 11.6. The van der Waals surface area contributed by atoms with Crippen molar-refractivity contribution in [3.8, 4) is 0 Å². The van der Waals surface area contributed by atoms with Crippen LogP contribution in [-0.2, 0) is 22.7 Å². The zero-order valence-corrected chi connectivity index (χ0v) is 11.2. The average Bonchev–Trinajstić information content (AvgIpc) is 2.74. The summed E-state index contributed by atoms with van der Waals surface area (Å²) in [5.41, 5.74) is 5.90. The second kappa shape index (κ2) is 5.90. The summed E-state index contributed by atoms with van der Waals surface area (Å²) < 4.78 is 6.35. The molecule has 0 atom stereocenters. The molecule has 0 saturated heterocycles. The van der Waals surface area contributed by atoms with Crippen LogP contribution in [0.25, 0.3) is 0 Å². The molecule has 0 fully saturated rings. The van der Waals surface area contributed by atoms with Crippen molar-refractivity contribution in [2.24, 2.45) is 0 Å². The van der Waals surface area contributed by atoms with Gasteiger partial charge < -0.3 is 10.5 Å². The minimum absolute atomic E-state index is 0.00151. The summed E-state index contributed by atoms with van der Waals surface area (Å²) in [6, 6.07) is 5.07. The number of nitrogen functional groups attached to an aromatic ring is 1. The highest BCUT2D eigenvalue weighted by molar-refractivity contribution is 6.35. The lowest BCUT2D eigenvalue weighted by Crippen LogP contribution is -2.14. The van der Waals surface area contributed by atoms with Crippen LogP contribution >= 0.6 is 23.2 Å². The molecule has 0 saturated carbocycles. The fourth-order valence-corrected chi connectivity index (χ4v) is 1.89. The molecule has 0 aliphatic carbocycles. The minimum atomic E-state index is -0.485. The zero-order chi connectivity index (χ0) is 13.8. The molecule has 8 heteroatoms. The van der Waals surface area contributed by atoms with Gasteiger partial charge in [-0.1, -0.05) is 29.3 Å². The van der Waals surface area contributed by atoms with E-state index in [1.807, 2.05) is 0 Å². The molecule has 0 unspecified atom stereocenters. The van der Waals surface area contributed by atoms with Crippen LogP contribution in [0.5, 0.6) is 0 Å². The Morgan fingerprint density at radius 1 is 1.37 bits per heavy atom. The molecule has 0 bridgehead atoms. The molecular weight excluding hydrogens is 291 g/mol. The Morgan fingerprint density at radius 3 is 2.63 bits per heavy atom. The van der Waals surface area contributed by atoms with Gasteiger partial charge in [0, 0.05) is 15.6 Å². The number of rotatable bonds is 4. The average molecular weight is 301 g/mol. The molecule has 2 N–H and O–H groups in total. The summed E-state index contributed by atoms with van der Waals surface area (Å²) in [7, 11) is 0. The van der Waals surface area contributed by atoms with Gasteiger partial charge >= 0.3 is 5.97 Å². The predicted octanol–water partition coefficient (Wildman–Crippen LogP) is 1.91. The van der Waals surface area contributed by atoms with Crippen molar-refractivity contribution in [1.82, 2.24) is 14.8 Å². The van der Waals surface area contributed by atoms with Crippen LogP contribution in [0.15, 0.2) is 24.5 Å². The number of ether oxygens (including phenoxy) is 1. The minimum Gasteiger partial charge on any atom is -0.459 e. The van der Waals surface area contributed by atoms with Crippen LogP contribution in [0.3, 0.4) is 0 Å². The molecule has 1 aromatic heterocycles. The van der Waals surface area contributed by atoms with Crippen molar-refractivity contribution in [1.29, 1.82) is 0 Å². The Labute approximate surface area is 119 Å². The Hall–Kier alpha value is -1.79. The molecule has 1 heterocycles. The number of nitrogens with zero attached hydrogens (tertiary/aromatic N) is 3. The third-order valence-corrected chi connectivity index (χ3v) is 2.99. The summed E-state index contributed by atoms with van der Waals surface area (Å²) in [6.07, 6.45) is 1.35. The highest BCUT2D eigenvalue weighted by Gasteiger charge is 2.10. The Morgan fingerprint density at radius 2 is 2.05 bits per heavy atom. The molecule has 1 aromatic carbocycles. The maximum atomic E-state index is 11.6. The fourth-order valence-electron chi connectivity index (χ4n) is 1.39. The van der Waals surface area contributed by atoms with Crippen molar-refractivity contribution < 1.29 is 9.53 Å². The summed E-state index contributed by atoms with van der Waals surface area (Å²) in [5, 5.41) is 4.67. The van der Waals surface area contributed by atoms with Crippen molar-refractivity contribution in [3.05, 3.63) is 40.1 Å². The van der Waals surface area contributed by atoms with Gasteiger partial charge in [0.1, 0.15) is 19.5 Å². The monoisotopic (exact) mass is 300 g/mol. The van der Waals surface area contributed by atoms with Crippen LogP contribution in [0.1, 0.15) is 5.56 Å². The van der Waals surface area contributed by atoms with Crippen molar-refractivity contribution in [2.75, 3.05) is 5.73 Å². The van der Waals surface area contributed by atoms with Crippen molar-refractivity contribution in [2.45, 2.75) is 13.2 Å². The molecule has 2 rings (SSSR count). The first kappa shape index (κ1) is 13.6. The number of esters is 1. The fraction of sp³-hybridized carbons (Fsp3) is 0.182. The van der Waals surface area contributed by atoms with Crippen LogP contribution in [0, 0.1) is 0 Å². The molecule has 0 radical (unpaired) electrons. The van der Waals surface area contributed by atoms with Gasteiger partial charge in [0.25, 0.3) is 0 Å². The molecule has 0 aliphatic heterocycles. The number of nitrogens with two attached hydrogens (primary N) is 1. The van der Waals surface area contributed by atoms with E-state index in [1.165, 1.54) is 11.0 Å². The van der Waals surface area contributed by atoms with Gasteiger partial charge in [0.05, 0.1) is 0 Å². The van der Waals surface area contributed by atoms with E-state index in [-0.39, 0.29) is 19.1 Å². The molecule has 100 valence electrons. The maximum Gasteiger partial charge on any atom is 0.328 e. The Bertz CT molecular complexity index is 580. The highest BCUT2D eigenvalue weighted by atomic mass is 35.5. The first-order valence-electron chi connectivity index (χ1n) is 5.29. The van der Waals surface area contributed by atoms with Gasteiger partial charge in [-0.3, -0.25) is 4.79 Å². The van der Waals surface area contributed by atoms with Gasteiger partial charge in [-0.2, -0.15) is 0 Å². The number of anilines is 1. The van der Waals surface area contributed by atoms with E-state index in [4.69, 9.17) is 33.7 Å². The van der Waals surface area contributed by atoms with Gasteiger partial charge in [0.15, 0.2) is 0 Å². The number of halogens is 2. The summed E-state index contributed by atoms with van der Waals surface area (Å²) in [6.45, 7) is -0.0756. The summed E-state index contributed by atoms with van der Waals surface area (Å²) in [4.78, 5) is 15.3. The topological polar surface area (TPSA) is 83.0 Å². The normalized spacial score (nSPS) is 10.4. The van der Waals surface area contributed by atoms with Gasteiger partial charge in [0.2, 0.25) is 5.95 Å².